The lowest BCUT2D eigenvalue weighted by Gasteiger charge is -2.37. The minimum atomic E-state index is 0. The number of fused-ring (bicyclic) bond motifs is 1. The average Bonchev–Trinajstić information content (AvgIpc) is 2.24. The maximum atomic E-state index is 12.4. The van der Waals surface area contributed by atoms with Crippen LogP contribution in [-0.2, 0) is 4.79 Å². The molecule has 1 atom stereocenters. The molecule has 4 nitrogen and oxygen atoms in total. The van der Waals surface area contributed by atoms with E-state index in [1.165, 1.54) is 0 Å². The van der Waals surface area contributed by atoms with Crippen LogP contribution < -0.4 is 15.0 Å². The van der Waals surface area contributed by atoms with Gasteiger partial charge in [0.15, 0.2) is 0 Å². The van der Waals surface area contributed by atoms with Gasteiger partial charge in [0.25, 0.3) is 0 Å². The number of nitrogens with zero attached hydrogens (tertiary/aromatic N) is 1. The van der Waals surface area contributed by atoms with Crippen molar-refractivity contribution in [3.05, 3.63) is 23.8 Å². The Labute approximate surface area is 119 Å². The first-order valence-electron chi connectivity index (χ1n) is 6.44. The van der Waals surface area contributed by atoms with Crippen LogP contribution >= 0.6 is 12.4 Å². The molecule has 0 spiro atoms. The first kappa shape index (κ1) is 14.2. The summed E-state index contributed by atoms with van der Waals surface area (Å²) in [6, 6.07) is 6.02. The topological polar surface area (TPSA) is 41.6 Å². The predicted molar refractivity (Wildman–Crippen MR) is 77.2 cm³/mol. The second-order valence-electron chi connectivity index (χ2n) is 5.20. The molecule has 0 radical (unpaired) electrons. The highest BCUT2D eigenvalue weighted by Crippen LogP contribution is 2.35. The van der Waals surface area contributed by atoms with E-state index < -0.39 is 0 Å². The molecule has 2 heterocycles. The molecule has 1 aromatic carbocycles. The first-order valence-corrected chi connectivity index (χ1v) is 6.44. The van der Waals surface area contributed by atoms with Gasteiger partial charge >= 0.3 is 0 Å². The Morgan fingerprint density at radius 3 is 2.79 bits per heavy atom. The van der Waals surface area contributed by atoms with Crippen molar-refractivity contribution in [3.63, 3.8) is 0 Å². The van der Waals surface area contributed by atoms with Gasteiger partial charge in [0.1, 0.15) is 11.9 Å². The summed E-state index contributed by atoms with van der Waals surface area (Å²) < 4.78 is 5.81. The number of ether oxygens (including phenoxy) is 1. The standard InChI is InChI=1S/C14H18N2O2.ClH/c1-9-3-4-12-13(5-9)18-10(2)8-16(12)14(17)11-6-15-7-11;/h3-5,10-11,15H,6-8H2,1-2H3;1H. The molecule has 0 aromatic heterocycles. The molecule has 1 unspecified atom stereocenters. The van der Waals surface area contributed by atoms with Gasteiger partial charge in [-0.3, -0.25) is 4.79 Å². The maximum absolute atomic E-state index is 12.4. The summed E-state index contributed by atoms with van der Waals surface area (Å²) >= 11 is 0. The fourth-order valence-corrected chi connectivity index (χ4v) is 2.44. The normalized spacial score (nSPS) is 21.8. The fourth-order valence-electron chi connectivity index (χ4n) is 2.44. The SMILES string of the molecule is Cc1ccc2c(c1)OC(C)CN2C(=O)C1CNC1.Cl. The molecule has 1 fully saturated rings. The molecule has 1 aromatic rings. The number of halogens is 1. The number of hydrogen-bond acceptors (Lipinski definition) is 3. The Morgan fingerprint density at radius 1 is 1.42 bits per heavy atom. The van der Waals surface area contributed by atoms with Gasteiger partial charge in [-0.2, -0.15) is 0 Å². The van der Waals surface area contributed by atoms with Crippen LogP contribution in [-0.4, -0.2) is 31.6 Å². The van der Waals surface area contributed by atoms with Crippen LogP contribution in [0.25, 0.3) is 0 Å². The van der Waals surface area contributed by atoms with Crippen molar-refractivity contribution >= 4 is 24.0 Å². The smallest absolute Gasteiger partial charge is 0.232 e. The zero-order valence-electron chi connectivity index (χ0n) is 11.2. The number of nitrogens with one attached hydrogen (secondary N) is 1. The third-order valence-corrected chi connectivity index (χ3v) is 3.57. The van der Waals surface area contributed by atoms with Crippen molar-refractivity contribution in [2.45, 2.75) is 20.0 Å². The van der Waals surface area contributed by atoms with E-state index in [0.717, 1.165) is 30.1 Å². The van der Waals surface area contributed by atoms with Crippen molar-refractivity contribution < 1.29 is 9.53 Å². The molecule has 104 valence electrons. The Kier molecular flexibility index (Phi) is 4.02. The molecule has 1 N–H and O–H groups in total. The number of hydrogen-bond donors (Lipinski definition) is 1. The van der Waals surface area contributed by atoms with Crippen LogP contribution in [0.3, 0.4) is 0 Å². The number of carbonyl (C=O) groups is 1. The molecule has 1 amide bonds. The van der Waals surface area contributed by atoms with E-state index in [1.807, 2.05) is 36.9 Å². The summed E-state index contributed by atoms with van der Waals surface area (Å²) in [7, 11) is 0. The third-order valence-electron chi connectivity index (χ3n) is 3.57. The molecular formula is C14H19ClN2O2. The van der Waals surface area contributed by atoms with Gasteiger partial charge in [-0.15, -0.1) is 12.4 Å². The van der Waals surface area contributed by atoms with E-state index in [9.17, 15) is 4.79 Å². The van der Waals surface area contributed by atoms with Crippen molar-refractivity contribution in [2.24, 2.45) is 5.92 Å². The largest absolute Gasteiger partial charge is 0.487 e. The van der Waals surface area contributed by atoms with Crippen molar-refractivity contribution in [3.8, 4) is 5.75 Å². The zero-order chi connectivity index (χ0) is 12.7. The molecule has 0 saturated carbocycles. The van der Waals surface area contributed by atoms with Crippen LogP contribution in [0, 0.1) is 12.8 Å². The van der Waals surface area contributed by atoms with Gasteiger partial charge in [0.2, 0.25) is 5.91 Å². The zero-order valence-corrected chi connectivity index (χ0v) is 12.0. The summed E-state index contributed by atoms with van der Waals surface area (Å²) in [6.07, 6.45) is 0.0521. The second-order valence-corrected chi connectivity index (χ2v) is 5.20. The number of anilines is 1. The van der Waals surface area contributed by atoms with E-state index in [2.05, 4.69) is 5.32 Å². The fraction of sp³-hybridized carbons (Fsp3) is 0.500. The third kappa shape index (κ3) is 2.55. The van der Waals surface area contributed by atoms with Crippen molar-refractivity contribution in [1.82, 2.24) is 5.32 Å². The second kappa shape index (κ2) is 5.39. The van der Waals surface area contributed by atoms with E-state index in [1.54, 1.807) is 0 Å². The van der Waals surface area contributed by atoms with Crippen LogP contribution in [0.2, 0.25) is 0 Å². The molecule has 5 heteroatoms. The van der Waals surface area contributed by atoms with Crippen LogP contribution in [0.1, 0.15) is 12.5 Å². The Morgan fingerprint density at radius 2 is 2.16 bits per heavy atom. The quantitative estimate of drug-likeness (QED) is 0.853. The van der Waals surface area contributed by atoms with Gasteiger partial charge in [-0.25, -0.2) is 0 Å². The summed E-state index contributed by atoms with van der Waals surface area (Å²) in [4.78, 5) is 14.3. The summed E-state index contributed by atoms with van der Waals surface area (Å²) in [5, 5.41) is 3.15. The average molecular weight is 283 g/mol. The Bertz CT molecular complexity index is 488. The van der Waals surface area contributed by atoms with Gasteiger partial charge in [0.05, 0.1) is 18.2 Å². The first-order chi connectivity index (χ1) is 8.65. The highest BCUT2D eigenvalue weighted by molar-refractivity contribution is 5.97. The van der Waals surface area contributed by atoms with Gasteiger partial charge in [-0.05, 0) is 31.5 Å². The van der Waals surface area contributed by atoms with Crippen LogP contribution in [0.4, 0.5) is 5.69 Å². The predicted octanol–water partition coefficient (Wildman–Crippen LogP) is 1.75. The Balaban J connectivity index is 0.00000133. The molecule has 0 bridgehead atoms. The highest BCUT2D eigenvalue weighted by Gasteiger charge is 2.34. The summed E-state index contributed by atoms with van der Waals surface area (Å²) in [5.41, 5.74) is 2.07. The van der Waals surface area contributed by atoms with E-state index in [4.69, 9.17) is 4.74 Å². The maximum Gasteiger partial charge on any atom is 0.232 e. The van der Waals surface area contributed by atoms with Crippen LogP contribution in [0.15, 0.2) is 18.2 Å². The van der Waals surface area contributed by atoms with Gasteiger partial charge < -0.3 is 15.0 Å². The van der Waals surface area contributed by atoms with Crippen molar-refractivity contribution in [2.75, 3.05) is 24.5 Å². The van der Waals surface area contributed by atoms with Crippen molar-refractivity contribution in [1.29, 1.82) is 0 Å². The van der Waals surface area contributed by atoms with E-state index in [0.29, 0.717) is 6.54 Å². The Hall–Kier alpha value is -1.26. The molecular weight excluding hydrogens is 264 g/mol. The number of amides is 1. The number of rotatable bonds is 1. The highest BCUT2D eigenvalue weighted by atomic mass is 35.5. The summed E-state index contributed by atoms with van der Waals surface area (Å²) in [5.74, 6) is 1.17. The lowest BCUT2D eigenvalue weighted by molar-refractivity contribution is -0.124. The van der Waals surface area contributed by atoms with Gasteiger partial charge in [-0.1, -0.05) is 6.07 Å². The minimum absolute atomic E-state index is 0. The lowest BCUT2D eigenvalue weighted by atomic mass is 10.0. The van der Waals surface area contributed by atoms with Crippen LogP contribution in [0.5, 0.6) is 5.75 Å². The lowest BCUT2D eigenvalue weighted by Crippen LogP contribution is -2.54. The molecule has 19 heavy (non-hydrogen) atoms. The van der Waals surface area contributed by atoms with E-state index >= 15 is 0 Å². The van der Waals surface area contributed by atoms with E-state index in [-0.39, 0.29) is 30.3 Å². The monoisotopic (exact) mass is 282 g/mol. The molecule has 0 aliphatic carbocycles. The number of aryl methyl sites for hydroxylation is 1. The van der Waals surface area contributed by atoms with Gasteiger partial charge in [0, 0.05) is 13.1 Å². The number of benzene rings is 1. The number of carbonyl (C=O) groups excluding carboxylic acids is 1. The molecule has 2 aliphatic heterocycles. The minimum Gasteiger partial charge on any atom is -0.487 e. The summed E-state index contributed by atoms with van der Waals surface area (Å²) in [6.45, 7) is 6.28. The molecule has 1 saturated heterocycles. The molecule has 2 aliphatic rings. The molecule has 3 rings (SSSR count).